The number of fused-ring (bicyclic) bond motifs is 1. The summed E-state index contributed by atoms with van der Waals surface area (Å²) >= 11 is 1.72. The summed E-state index contributed by atoms with van der Waals surface area (Å²) in [5.41, 5.74) is 2.56. The Labute approximate surface area is 105 Å². The highest BCUT2D eigenvalue weighted by Crippen LogP contribution is 2.33. The van der Waals surface area contributed by atoms with E-state index in [0.29, 0.717) is 5.92 Å². The van der Waals surface area contributed by atoms with Gasteiger partial charge in [-0.2, -0.15) is 11.3 Å². The first-order valence-electron chi connectivity index (χ1n) is 5.91. The lowest BCUT2D eigenvalue weighted by molar-refractivity contribution is 0.270. The number of hydrogen-bond acceptors (Lipinski definition) is 3. The fourth-order valence-electron chi connectivity index (χ4n) is 2.23. The molecule has 2 heterocycles. The predicted molar refractivity (Wildman–Crippen MR) is 72.1 cm³/mol. The Morgan fingerprint density at radius 3 is 3.12 bits per heavy atom. The maximum atomic E-state index is 5.67. The van der Waals surface area contributed by atoms with Crippen LogP contribution < -0.4 is 10.1 Å². The van der Waals surface area contributed by atoms with E-state index in [2.05, 4.69) is 40.3 Å². The molecule has 0 aliphatic carbocycles. The predicted octanol–water partition coefficient (Wildman–Crippen LogP) is 3.73. The van der Waals surface area contributed by atoms with Gasteiger partial charge in [0.25, 0.3) is 0 Å². The normalized spacial score (nSPS) is 18.2. The molecular weight excluding hydrogens is 230 g/mol. The topological polar surface area (TPSA) is 21.3 Å². The molecule has 17 heavy (non-hydrogen) atoms. The Morgan fingerprint density at radius 1 is 1.29 bits per heavy atom. The Balaban J connectivity index is 1.72. The SMILES string of the molecule is c1ccc2c(c1)OCCC2CNc1ccsc1. The van der Waals surface area contributed by atoms with E-state index in [-0.39, 0.29) is 0 Å². The zero-order valence-corrected chi connectivity index (χ0v) is 10.4. The van der Waals surface area contributed by atoms with Crippen LogP contribution in [0.5, 0.6) is 5.75 Å². The highest BCUT2D eigenvalue weighted by Gasteiger charge is 2.20. The van der Waals surface area contributed by atoms with Crippen LogP contribution in [0.15, 0.2) is 41.1 Å². The quantitative estimate of drug-likeness (QED) is 0.889. The van der Waals surface area contributed by atoms with Crippen molar-refractivity contribution in [1.82, 2.24) is 0 Å². The number of anilines is 1. The second kappa shape index (κ2) is 4.80. The fraction of sp³-hybridized carbons (Fsp3) is 0.286. The molecule has 1 aromatic heterocycles. The van der Waals surface area contributed by atoms with Crippen LogP contribution in [-0.4, -0.2) is 13.2 Å². The number of para-hydroxylation sites is 1. The number of nitrogens with one attached hydrogen (secondary N) is 1. The molecule has 1 unspecified atom stereocenters. The summed E-state index contributed by atoms with van der Waals surface area (Å²) in [7, 11) is 0. The van der Waals surface area contributed by atoms with Gasteiger partial charge in [-0.05, 0) is 29.5 Å². The fourth-order valence-corrected chi connectivity index (χ4v) is 2.85. The van der Waals surface area contributed by atoms with Crippen molar-refractivity contribution < 1.29 is 4.74 Å². The van der Waals surface area contributed by atoms with Gasteiger partial charge in [0.1, 0.15) is 5.75 Å². The second-order valence-corrected chi connectivity index (χ2v) is 5.04. The smallest absolute Gasteiger partial charge is 0.122 e. The lowest BCUT2D eigenvalue weighted by Crippen LogP contribution is -2.20. The molecule has 2 nitrogen and oxygen atoms in total. The lowest BCUT2D eigenvalue weighted by Gasteiger charge is -2.26. The molecule has 0 radical (unpaired) electrons. The molecule has 0 amide bonds. The molecule has 1 aromatic carbocycles. The Kier molecular flexibility index (Phi) is 3.01. The van der Waals surface area contributed by atoms with Crippen LogP contribution in [0.4, 0.5) is 5.69 Å². The Hall–Kier alpha value is -1.48. The number of benzene rings is 1. The first-order valence-corrected chi connectivity index (χ1v) is 6.85. The van der Waals surface area contributed by atoms with E-state index in [9.17, 15) is 0 Å². The van der Waals surface area contributed by atoms with Crippen molar-refractivity contribution in [3.63, 3.8) is 0 Å². The van der Waals surface area contributed by atoms with Gasteiger partial charge in [-0.1, -0.05) is 18.2 Å². The molecule has 1 atom stereocenters. The Morgan fingerprint density at radius 2 is 2.24 bits per heavy atom. The van der Waals surface area contributed by atoms with Crippen LogP contribution in [0.25, 0.3) is 0 Å². The molecule has 1 aliphatic heterocycles. The van der Waals surface area contributed by atoms with Gasteiger partial charge in [0.15, 0.2) is 0 Å². The minimum atomic E-state index is 0.555. The van der Waals surface area contributed by atoms with E-state index in [1.807, 2.05) is 6.07 Å². The zero-order chi connectivity index (χ0) is 11.5. The molecule has 3 rings (SSSR count). The van der Waals surface area contributed by atoms with Crippen molar-refractivity contribution in [3.05, 3.63) is 46.7 Å². The van der Waals surface area contributed by atoms with Crippen LogP contribution in [-0.2, 0) is 0 Å². The van der Waals surface area contributed by atoms with Gasteiger partial charge in [0.2, 0.25) is 0 Å². The summed E-state index contributed by atoms with van der Waals surface area (Å²) in [6.07, 6.45) is 1.09. The van der Waals surface area contributed by atoms with E-state index < -0.39 is 0 Å². The van der Waals surface area contributed by atoms with Crippen molar-refractivity contribution in [3.8, 4) is 5.75 Å². The summed E-state index contributed by atoms with van der Waals surface area (Å²) in [4.78, 5) is 0. The number of thiophene rings is 1. The average molecular weight is 245 g/mol. The van der Waals surface area contributed by atoms with Gasteiger partial charge in [-0.15, -0.1) is 0 Å². The van der Waals surface area contributed by atoms with Crippen LogP contribution >= 0.6 is 11.3 Å². The molecule has 0 spiro atoms. The van der Waals surface area contributed by atoms with Gasteiger partial charge in [-0.25, -0.2) is 0 Å². The van der Waals surface area contributed by atoms with Crippen molar-refractivity contribution in [2.24, 2.45) is 0 Å². The van der Waals surface area contributed by atoms with Gasteiger partial charge < -0.3 is 10.1 Å². The van der Waals surface area contributed by atoms with E-state index in [4.69, 9.17) is 4.74 Å². The summed E-state index contributed by atoms with van der Waals surface area (Å²) in [6, 6.07) is 10.5. The van der Waals surface area contributed by atoms with Gasteiger partial charge in [-0.3, -0.25) is 0 Å². The van der Waals surface area contributed by atoms with Crippen molar-refractivity contribution in [2.45, 2.75) is 12.3 Å². The van der Waals surface area contributed by atoms with Gasteiger partial charge in [0, 0.05) is 23.5 Å². The zero-order valence-electron chi connectivity index (χ0n) is 9.56. The van der Waals surface area contributed by atoms with Gasteiger partial charge >= 0.3 is 0 Å². The number of hydrogen-bond donors (Lipinski definition) is 1. The maximum absolute atomic E-state index is 5.67. The summed E-state index contributed by atoms with van der Waals surface area (Å²) in [6.45, 7) is 1.81. The highest BCUT2D eigenvalue weighted by atomic mass is 32.1. The largest absolute Gasteiger partial charge is 0.493 e. The molecule has 2 aromatic rings. The van der Waals surface area contributed by atoms with E-state index in [1.54, 1.807) is 11.3 Å². The third-order valence-electron chi connectivity index (χ3n) is 3.16. The molecule has 1 N–H and O–H groups in total. The standard InChI is InChI=1S/C14H15NOS/c1-2-4-14-13(3-1)11(5-7-16-14)9-15-12-6-8-17-10-12/h1-4,6,8,10-11,15H,5,7,9H2. The van der Waals surface area contributed by atoms with Crippen LogP contribution in [0.3, 0.4) is 0 Å². The van der Waals surface area contributed by atoms with Crippen molar-refractivity contribution >= 4 is 17.0 Å². The van der Waals surface area contributed by atoms with Crippen LogP contribution in [0, 0.1) is 0 Å². The molecule has 0 saturated carbocycles. The van der Waals surface area contributed by atoms with Crippen molar-refractivity contribution in [1.29, 1.82) is 0 Å². The van der Waals surface area contributed by atoms with Crippen LogP contribution in [0.2, 0.25) is 0 Å². The lowest BCUT2D eigenvalue weighted by atomic mass is 9.93. The van der Waals surface area contributed by atoms with Crippen LogP contribution in [0.1, 0.15) is 17.9 Å². The monoisotopic (exact) mass is 245 g/mol. The van der Waals surface area contributed by atoms with E-state index in [1.165, 1.54) is 11.3 Å². The van der Waals surface area contributed by atoms with Gasteiger partial charge in [0.05, 0.1) is 6.61 Å². The molecule has 0 bridgehead atoms. The summed E-state index contributed by atoms with van der Waals surface area (Å²) < 4.78 is 5.67. The highest BCUT2D eigenvalue weighted by molar-refractivity contribution is 7.08. The second-order valence-electron chi connectivity index (χ2n) is 4.26. The first-order chi connectivity index (χ1) is 8.43. The molecule has 3 heteroatoms. The molecule has 0 saturated heterocycles. The number of ether oxygens (including phenoxy) is 1. The summed E-state index contributed by atoms with van der Waals surface area (Å²) in [5, 5.41) is 7.73. The molecule has 1 aliphatic rings. The maximum Gasteiger partial charge on any atom is 0.122 e. The van der Waals surface area contributed by atoms with E-state index >= 15 is 0 Å². The number of rotatable bonds is 3. The Bertz CT molecular complexity index is 481. The minimum Gasteiger partial charge on any atom is -0.493 e. The summed E-state index contributed by atoms with van der Waals surface area (Å²) in [5.74, 6) is 1.61. The molecule has 0 fully saturated rings. The van der Waals surface area contributed by atoms with E-state index in [0.717, 1.165) is 25.3 Å². The molecular formula is C14H15NOS. The van der Waals surface area contributed by atoms with Crippen molar-refractivity contribution in [2.75, 3.05) is 18.5 Å². The third-order valence-corrected chi connectivity index (χ3v) is 3.84. The third kappa shape index (κ3) is 2.29. The first kappa shape index (κ1) is 10.7. The molecule has 88 valence electrons. The average Bonchev–Trinajstić information content (AvgIpc) is 2.89. The minimum absolute atomic E-state index is 0.555.